The van der Waals surface area contributed by atoms with Crippen molar-refractivity contribution in [2.24, 2.45) is 5.92 Å². The molecular weight excluding hydrogens is 271 g/mol. The molecule has 1 aliphatic rings. The first-order chi connectivity index (χ1) is 8.56. The van der Waals surface area contributed by atoms with Gasteiger partial charge in [0, 0.05) is 19.1 Å². The maximum Gasteiger partial charge on any atom is 0.224 e. The molecule has 1 atom stereocenters. The van der Waals surface area contributed by atoms with Gasteiger partial charge in [0.15, 0.2) is 0 Å². The lowest BCUT2D eigenvalue weighted by molar-refractivity contribution is 0.266. The molecule has 0 saturated carbocycles. The third-order valence-electron chi connectivity index (χ3n) is 3.32. The maximum absolute atomic E-state index is 6.00. The molecule has 0 amide bonds. The zero-order valence-corrected chi connectivity index (χ0v) is 12.2. The average molecular weight is 289 g/mol. The number of halogens is 2. The fourth-order valence-corrected chi connectivity index (χ4v) is 2.50. The van der Waals surface area contributed by atoms with E-state index in [2.05, 4.69) is 34.0 Å². The first kappa shape index (κ1) is 13.8. The molecule has 100 valence electrons. The fraction of sp³-hybridized carbons (Fsp3) is 0.667. The van der Waals surface area contributed by atoms with Crippen LogP contribution in [-0.2, 0) is 0 Å². The highest BCUT2D eigenvalue weighted by Crippen LogP contribution is 2.22. The zero-order chi connectivity index (χ0) is 13.1. The van der Waals surface area contributed by atoms with Crippen molar-refractivity contribution in [3.05, 3.63) is 16.5 Å². The maximum atomic E-state index is 6.00. The molecule has 6 heteroatoms. The van der Waals surface area contributed by atoms with Crippen LogP contribution in [0.4, 0.5) is 5.82 Å². The minimum Gasteiger partial charge on any atom is -0.368 e. The van der Waals surface area contributed by atoms with Gasteiger partial charge >= 0.3 is 0 Å². The van der Waals surface area contributed by atoms with Gasteiger partial charge in [-0.3, -0.25) is 0 Å². The molecule has 0 bridgehead atoms. The predicted octanol–water partition coefficient (Wildman–Crippen LogP) is 2.93. The summed E-state index contributed by atoms with van der Waals surface area (Å²) in [5.41, 5.74) is 0. The van der Waals surface area contributed by atoms with Crippen LogP contribution >= 0.6 is 23.2 Å². The van der Waals surface area contributed by atoms with E-state index in [1.165, 1.54) is 19.2 Å². The lowest BCUT2D eigenvalue weighted by Crippen LogP contribution is -2.29. The molecule has 1 unspecified atom stereocenters. The van der Waals surface area contributed by atoms with Crippen molar-refractivity contribution in [3.63, 3.8) is 0 Å². The Labute approximate surface area is 118 Å². The first-order valence-corrected chi connectivity index (χ1v) is 6.98. The van der Waals surface area contributed by atoms with Crippen molar-refractivity contribution in [3.8, 4) is 0 Å². The highest BCUT2D eigenvalue weighted by atomic mass is 35.5. The average Bonchev–Trinajstić information content (AvgIpc) is 2.79. The van der Waals surface area contributed by atoms with Gasteiger partial charge in [0.2, 0.25) is 5.28 Å². The summed E-state index contributed by atoms with van der Waals surface area (Å²) in [6, 6.07) is 0.618. The van der Waals surface area contributed by atoms with E-state index in [9.17, 15) is 0 Å². The standard InChI is InChI=1S/C12H18Cl2N4/c1-8(2)18-4-3-9(7-18)5-15-11-10(13)6-16-12(14)17-11/h6,8-9H,3-5,7H2,1-2H3,(H,15,16,17). The first-order valence-electron chi connectivity index (χ1n) is 6.22. The van der Waals surface area contributed by atoms with Crippen molar-refractivity contribution in [1.82, 2.24) is 14.9 Å². The molecule has 1 aromatic heterocycles. The predicted molar refractivity (Wildman–Crippen MR) is 75.4 cm³/mol. The van der Waals surface area contributed by atoms with Crippen LogP contribution in [0.3, 0.4) is 0 Å². The Morgan fingerprint density at radius 2 is 2.28 bits per heavy atom. The largest absolute Gasteiger partial charge is 0.368 e. The molecule has 2 heterocycles. The molecule has 1 saturated heterocycles. The summed E-state index contributed by atoms with van der Waals surface area (Å²) in [6.45, 7) is 7.63. The number of hydrogen-bond acceptors (Lipinski definition) is 4. The summed E-state index contributed by atoms with van der Waals surface area (Å²) in [4.78, 5) is 10.4. The molecule has 4 nitrogen and oxygen atoms in total. The molecule has 1 N–H and O–H groups in total. The van der Waals surface area contributed by atoms with Crippen LogP contribution in [0.25, 0.3) is 0 Å². The summed E-state index contributed by atoms with van der Waals surface area (Å²) in [5, 5.41) is 3.99. The second-order valence-corrected chi connectivity index (χ2v) is 5.71. The Kier molecular flexibility index (Phi) is 4.65. The second-order valence-electron chi connectivity index (χ2n) is 4.96. The van der Waals surface area contributed by atoms with Crippen LogP contribution in [0.2, 0.25) is 10.3 Å². The normalized spacial score (nSPS) is 20.6. The summed E-state index contributed by atoms with van der Waals surface area (Å²) >= 11 is 11.8. The van der Waals surface area contributed by atoms with Crippen molar-refractivity contribution in [2.45, 2.75) is 26.3 Å². The van der Waals surface area contributed by atoms with Gasteiger partial charge in [0.25, 0.3) is 0 Å². The van der Waals surface area contributed by atoms with E-state index < -0.39 is 0 Å². The van der Waals surface area contributed by atoms with Crippen LogP contribution in [0.15, 0.2) is 6.20 Å². The number of likely N-dealkylation sites (tertiary alicyclic amines) is 1. The van der Waals surface area contributed by atoms with Gasteiger partial charge in [-0.05, 0) is 44.3 Å². The third kappa shape index (κ3) is 3.46. The smallest absolute Gasteiger partial charge is 0.224 e. The van der Waals surface area contributed by atoms with Crippen LogP contribution in [-0.4, -0.2) is 40.5 Å². The molecular formula is C12H18Cl2N4. The number of nitrogens with one attached hydrogen (secondary N) is 1. The topological polar surface area (TPSA) is 41.0 Å². The molecule has 1 aliphatic heterocycles. The molecule has 0 spiro atoms. The third-order valence-corrected chi connectivity index (χ3v) is 3.78. The van der Waals surface area contributed by atoms with Crippen molar-refractivity contribution < 1.29 is 0 Å². The number of nitrogens with zero attached hydrogens (tertiary/aromatic N) is 3. The van der Waals surface area contributed by atoms with E-state index in [1.54, 1.807) is 0 Å². The summed E-state index contributed by atoms with van der Waals surface area (Å²) in [7, 11) is 0. The van der Waals surface area contributed by atoms with Gasteiger partial charge < -0.3 is 10.2 Å². The van der Waals surface area contributed by atoms with Gasteiger partial charge in [0.1, 0.15) is 10.8 Å². The van der Waals surface area contributed by atoms with Crippen LogP contribution in [0, 0.1) is 5.92 Å². The number of anilines is 1. The van der Waals surface area contributed by atoms with Crippen molar-refractivity contribution in [2.75, 3.05) is 25.0 Å². The van der Waals surface area contributed by atoms with E-state index in [1.807, 2.05) is 0 Å². The molecule has 0 radical (unpaired) electrons. The van der Waals surface area contributed by atoms with Crippen LogP contribution < -0.4 is 5.32 Å². The van der Waals surface area contributed by atoms with Crippen molar-refractivity contribution in [1.29, 1.82) is 0 Å². The highest BCUT2D eigenvalue weighted by molar-refractivity contribution is 6.33. The molecule has 1 aromatic rings. The second kappa shape index (κ2) is 6.04. The number of hydrogen-bond donors (Lipinski definition) is 1. The fourth-order valence-electron chi connectivity index (χ4n) is 2.21. The molecule has 2 rings (SSSR count). The van der Waals surface area contributed by atoms with Crippen molar-refractivity contribution >= 4 is 29.0 Å². The monoisotopic (exact) mass is 288 g/mol. The molecule has 1 fully saturated rings. The van der Waals surface area contributed by atoms with Gasteiger partial charge in [-0.15, -0.1) is 0 Å². The Bertz CT molecular complexity index is 411. The minimum absolute atomic E-state index is 0.220. The van der Waals surface area contributed by atoms with E-state index in [-0.39, 0.29) is 5.28 Å². The lowest BCUT2D eigenvalue weighted by Gasteiger charge is -2.20. The SMILES string of the molecule is CC(C)N1CCC(CNc2nc(Cl)ncc2Cl)C1. The van der Waals surface area contributed by atoms with E-state index in [0.717, 1.165) is 13.1 Å². The van der Waals surface area contributed by atoms with E-state index in [4.69, 9.17) is 23.2 Å². The minimum atomic E-state index is 0.220. The van der Waals surface area contributed by atoms with Gasteiger partial charge in [-0.25, -0.2) is 4.98 Å². The van der Waals surface area contributed by atoms with E-state index in [0.29, 0.717) is 22.8 Å². The Morgan fingerprint density at radius 1 is 1.50 bits per heavy atom. The molecule has 0 aliphatic carbocycles. The Balaban J connectivity index is 1.87. The van der Waals surface area contributed by atoms with Crippen LogP contribution in [0.5, 0.6) is 0 Å². The number of aromatic nitrogens is 2. The summed E-state index contributed by atoms with van der Waals surface area (Å²) in [6.07, 6.45) is 2.73. The van der Waals surface area contributed by atoms with Gasteiger partial charge in [0.05, 0.1) is 6.20 Å². The van der Waals surface area contributed by atoms with E-state index >= 15 is 0 Å². The van der Waals surface area contributed by atoms with Gasteiger partial charge in [-0.2, -0.15) is 4.98 Å². The lowest BCUT2D eigenvalue weighted by atomic mass is 10.1. The quantitative estimate of drug-likeness (QED) is 0.865. The molecule has 18 heavy (non-hydrogen) atoms. The summed E-state index contributed by atoms with van der Waals surface area (Å²) < 4.78 is 0. The Morgan fingerprint density at radius 3 is 2.94 bits per heavy atom. The summed E-state index contributed by atoms with van der Waals surface area (Å²) in [5.74, 6) is 1.26. The zero-order valence-electron chi connectivity index (χ0n) is 10.7. The molecule has 0 aromatic carbocycles. The number of rotatable bonds is 4. The van der Waals surface area contributed by atoms with Crippen LogP contribution in [0.1, 0.15) is 20.3 Å². The Hall–Kier alpha value is -0.580. The highest BCUT2D eigenvalue weighted by Gasteiger charge is 2.24. The van der Waals surface area contributed by atoms with Gasteiger partial charge in [-0.1, -0.05) is 11.6 Å².